The minimum Gasteiger partial charge on any atom is -0.386 e. The van der Waals surface area contributed by atoms with Crippen LogP contribution in [0.2, 0.25) is 0 Å². The van der Waals surface area contributed by atoms with Crippen LogP contribution in [0.3, 0.4) is 0 Å². The number of hydrogen-bond acceptors (Lipinski definition) is 3. The van der Waals surface area contributed by atoms with Gasteiger partial charge in [-0.1, -0.05) is 12.1 Å². The minimum atomic E-state index is -0.661. The summed E-state index contributed by atoms with van der Waals surface area (Å²) in [6.07, 6.45) is -0.661. The molecule has 19 heavy (non-hydrogen) atoms. The van der Waals surface area contributed by atoms with Gasteiger partial charge in [-0.05, 0) is 52.0 Å². The predicted molar refractivity (Wildman–Crippen MR) is 80.5 cm³/mol. The van der Waals surface area contributed by atoms with Crippen molar-refractivity contribution in [1.29, 1.82) is 0 Å². The molecule has 3 nitrogen and oxygen atoms in total. The number of aliphatic hydroxyl groups is 1. The molecule has 0 fully saturated rings. The maximum absolute atomic E-state index is 12.0. The van der Waals surface area contributed by atoms with E-state index in [2.05, 4.69) is 21.2 Å². The van der Waals surface area contributed by atoms with Gasteiger partial charge in [-0.3, -0.25) is 4.79 Å². The summed E-state index contributed by atoms with van der Waals surface area (Å²) in [6, 6.07) is 9.17. The van der Waals surface area contributed by atoms with E-state index in [-0.39, 0.29) is 12.5 Å². The van der Waals surface area contributed by atoms with Gasteiger partial charge in [0.25, 0.3) is 5.91 Å². The molecule has 2 rings (SSSR count). The van der Waals surface area contributed by atoms with E-state index in [1.54, 1.807) is 12.1 Å². The van der Waals surface area contributed by atoms with E-state index >= 15 is 0 Å². The lowest BCUT2D eigenvalue weighted by molar-refractivity contribution is 0.0917. The molecule has 2 aromatic rings. The van der Waals surface area contributed by atoms with Gasteiger partial charge in [0.15, 0.2) is 0 Å². The van der Waals surface area contributed by atoms with Gasteiger partial charge in [-0.15, -0.1) is 11.3 Å². The van der Waals surface area contributed by atoms with Crippen LogP contribution in [-0.4, -0.2) is 17.6 Å². The van der Waals surface area contributed by atoms with E-state index < -0.39 is 6.10 Å². The van der Waals surface area contributed by atoms with E-state index in [0.29, 0.717) is 5.56 Å². The first-order valence-corrected chi connectivity index (χ1v) is 7.51. The number of carbonyl (C=O) groups excluding carboxylic acids is 1. The molecule has 0 radical (unpaired) electrons. The smallest absolute Gasteiger partial charge is 0.252 e. The van der Waals surface area contributed by atoms with Crippen molar-refractivity contribution in [2.45, 2.75) is 13.0 Å². The topological polar surface area (TPSA) is 49.3 Å². The summed E-state index contributed by atoms with van der Waals surface area (Å²) in [6.45, 7) is 2.16. The third-order valence-electron chi connectivity index (χ3n) is 2.78. The van der Waals surface area contributed by atoms with Gasteiger partial charge in [0.05, 0.1) is 5.56 Å². The van der Waals surface area contributed by atoms with Crippen LogP contribution in [0.4, 0.5) is 0 Å². The number of halogens is 1. The second-order valence-corrected chi connectivity index (χ2v) is 5.98. The molecule has 1 aromatic carbocycles. The average Bonchev–Trinajstić information content (AvgIpc) is 2.82. The first kappa shape index (κ1) is 14.2. The third kappa shape index (κ3) is 3.43. The first-order chi connectivity index (χ1) is 9.09. The van der Waals surface area contributed by atoms with Crippen LogP contribution < -0.4 is 5.32 Å². The van der Waals surface area contributed by atoms with Crippen molar-refractivity contribution in [3.8, 4) is 0 Å². The monoisotopic (exact) mass is 339 g/mol. The van der Waals surface area contributed by atoms with E-state index in [0.717, 1.165) is 14.9 Å². The van der Waals surface area contributed by atoms with Crippen molar-refractivity contribution in [3.05, 3.63) is 56.2 Å². The summed E-state index contributed by atoms with van der Waals surface area (Å²) in [5, 5.41) is 14.7. The number of hydrogen-bond donors (Lipinski definition) is 2. The molecule has 1 aromatic heterocycles. The fraction of sp³-hybridized carbons (Fsp3) is 0.214. The molecular formula is C14H14BrNO2S. The summed E-state index contributed by atoms with van der Waals surface area (Å²) < 4.78 is 0.745. The van der Waals surface area contributed by atoms with Crippen LogP contribution in [0.25, 0.3) is 0 Å². The zero-order valence-electron chi connectivity index (χ0n) is 10.4. The molecule has 0 aliphatic heterocycles. The highest BCUT2D eigenvalue weighted by Crippen LogP contribution is 2.23. The SMILES string of the molecule is Cc1ccsc1[C@H](O)CNC(=O)c1ccccc1Br. The molecule has 2 N–H and O–H groups in total. The Morgan fingerprint density at radius 2 is 2.16 bits per heavy atom. The van der Waals surface area contributed by atoms with Crippen LogP contribution in [0.5, 0.6) is 0 Å². The normalized spacial score (nSPS) is 12.2. The predicted octanol–water partition coefficient (Wildman–Crippen LogP) is 3.28. The Morgan fingerprint density at radius 1 is 1.42 bits per heavy atom. The van der Waals surface area contributed by atoms with Crippen LogP contribution in [0, 0.1) is 6.92 Å². The lowest BCUT2D eigenvalue weighted by Gasteiger charge is -2.12. The van der Waals surface area contributed by atoms with Crippen molar-refractivity contribution in [1.82, 2.24) is 5.32 Å². The number of rotatable bonds is 4. The van der Waals surface area contributed by atoms with Crippen LogP contribution in [0.1, 0.15) is 26.9 Å². The number of aryl methyl sites for hydroxylation is 1. The first-order valence-electron chi connectivity index (χ1n) is 5.84. The Bertz CT molecular complexity index is 582. The number of amides is 1. The molecule has 5 heteroatoms. The summed E-state index contributed by atoms with van der Waals surface area (Å²) in [5.74, 6) is -0.194. The molecule has 0 aliphatic rings. The molecule has 0 saturated heterocycles. The van der Waals surface area contributed by atoms with Gasteiger partial charge in [-0.25, -0.2) is 0 Å². The summed E-state index contributed by atoms with van der Waals surface area (Å²) in [7, 11) is 0. The van der Waals surface area contributed by atoms with Crippen LogP contribution in [-0.2, 0) is 0 Å². The number of aliphatic hydroxyl groups excluding tert-OH is 1. The second-order valence-electron chi connectivity index (χ2n) is 4.17. The lowest BCUT2D eigenvalue weighted by Crippen LogP contribution is -2.28. The zero-order chi connectivity index (χ0) is 13.8. The molecule has 1 heterocycles. The summed E-state index contributed by atoms with van der Waals surface area (Å²) in [4.78, 5) is 12.9. The number of thiophene rings is 1. The fourth-order valence-electron chi connectivity index (χ4n) is 1.75. The Hall–Kier alpha value is -1.17. The highest BCUT2D eigenvalue weighted by molar-refractivity contribution is 9.10. The Kier molecular flexibility index (Phi) is 4.74. The van der Waals surface area contributed by atoms with Crippen molar-refractivity contribution >= 4 is 33.2 Å². The van der Waals surface area contributed by atoms with E-state index in [4.69, 9.17) is 0 Å². The van der Waals surface area contributed by atoms with E-state index in [9.17, 15) is 9.90 Å². The number of nitrogens with one attached hydrogen (secondary N) is 1. The van der Waals surface area contributed by atoms with E-state index in [1.165, 1.54) is 11.3 Å². The van der Waals surface area contributed by atoms with Crippen molar-refractivity contribution in [3.63, 3.8) is 0 Å². The fourth-order valence-corrected chi connectivity index (χ4v) is 3.13. The largest absolute Gasteiger partial charge is 0.386 e. The van der Waals surface area contributed by atoms with Crippen LogP contribution in [0.15, 0.2) is 40.2 Å². The second kappa shape index (κ2) is 6.32. The van der Waals surface area contributed by atoms with Gasteiger partial charge in [0.1, 0.15) is 6.10 Å². The molecule has 0 unspecified atom stereocenters. The molecule has 0 saturated carbocycles. The van der Waals surface area contributed by atoms with Crippen LogP contribution >= 0.6 is 27.3 Å². The quantitative estimate of drug-likeness (QED) is 0.897. The number of carbonyl (C=O) groups is 1. The number of benzene rings is 1. The Balaban J connectivity index is 1.98. The molecule has 0 bridgehead atoms. The average molecular weight is 340 g/mol. The summed E-state index contributed by atoms with van der Waals surface area (Å²) >= 11 is 4.83. The molecule has 1 atom stereocenters. The van der Waals surface area contributed by atoms with Gasteiger partial charge >= 0.3 is 0 Å². The third-order valence-corrected chi connectivity index (χ3v) is 4.59. The Morgan fingerprint density at radius 3 is 2.79 bits per heavy atom. The zero-order valence-corrected chi connectivity index (χ0v) is 12.8. The minimum absolute atomic E-state index is 0.194. The van der Waals surface area contributed by atoms with Gasteiger partial charge in [0.2, 0.25) is 0 Å². The highest BCUT2D eigenvalue weighted by atomic mass is 79.9. The van der Waals surface area contributed by atoms with Crippen molar-refractivity contribution in [2.75, 3.05) is 6.54 Å². The molecule has 1 amide bonds. The molecule has 0 aliphatic carbocycles. The van der Waals surface area contributed by atoms with Gasteiger partial charge in [0, 0.05) is 15.9 Å². The van der Waals surface area contributed by atoms with Gasteiger partial charge in [-0.2, -0.15) is 0 Å². The molecule has 0 spiro atoms. The molecule has 100 valence electrons. The maximum atomic E-state index is 12.0. The highest BCUT2D eigenvalue weighted by Gasteiger charge is 2.14. The van der Waals surface area contributed by atoms with Crippen molar-refractivity contribution in [2.24, 2.45) is 0 Å². The Labute approximate surface area is 124 Å². The van der Waals surface area contributed by atoms with Gasteiger partial charge < -0.3 is 10.4 Å². The standard InChI is InChI=1S/C14H14BrNO2S/c1-9-6-7-19-13(9)12(17)8-16-14(18)10-4-2-3-5-11(10)15/h2-7,12,17H,8H2,1H3,(H,16,18)/t12-/m1/s1. The maximum Gasteiger partial charge on any atom is 0.252 e. The van der Waals surface area contributed by atoms with E-state index in [1.807, 2.05) is 30.5 Å². The molecular weight excluding hydrogens is 326 g/mol. The van der Waals surface area contributed by atoms with Crippen molar-refractivity contribution < 1.29 is 9.90 Å². The lowest BCUT2D eigenvalue weighted by atomic mass is 10.2. The summed E-state index contributed by atoms with van der Waals surface area (Å²) in [5.41, 5.74) is 1.62.